The number of anilines is 1. The highest BCUT2D eigenvalue weighted by Crippen LogP contribution is 2.60. The lowest BCUT2D eigenvalue weighted by Crippen LogP contribution is -2.57. The summed E-state index contributed by atoms with van der Waals surface area (Å²) in [6, 6.07) is 5.76. The van der Waals surface area contributed by atoms with Crippen LogP contribution in [0, 0.1) is 11.7 Å². The molecule has 1 aliphatic carbocycles. The van der Waals surface area contributed by atoms with Crippen LogP contribution in [0.5, 0.6) is 0 Å². The first kappa shape index (κ1) is 35.8. The van der Waals surface area contributed by atoms with E-state index in [9.17, 15) is 19.2 Å². The Kier molecular flexibility index (Phi) is 11.5. The number of nitrogens with zero attached hydrogens (tertiary/aromatic N) is 4. The number of hydrogen-bond acceptors (Lipinski definition) is 7. The molecule has 1 saturated carbocycles. The molecule has 1 unspecified atom stereocenters. The van der Waals surface area contributed by atoms with Crippen LogP contribution in [0.25, 0.3) is 0 Å². The van der Waals surface area contributed by atoms with Gasteiger partial charge in [-0.1, -0.05) is 39.2 Å². The summed E-state index contributed by atoms with van der Waals surface area (Å²) in [6.45, 7) is 12.9. The second-order valence-corrected chi connectivity index (χ2v) is 14.9. The molecule has 2 saturated heterocycles. The maximum atomic E-state index is 15.8. The van der Waals surface area contributed by atoms with Crippen molar-refractivity contribution in [3.8, 4) is 0 Å². The summed E-state index contributed by atoms with van der Waals surface area (Å²) >= 11 is 1.42. The molecule has 3 aliphatic rings. The van der Waals surface area contributed by atoms with Gasteiger partial charge in [0.05, 0.1) is 5.69 Å². The van der Waals surface area contributed by atoms with Crippen LogP contribution < -0.4 is 16.0 Å². The van der Waals surface area contributed by atoms with Crippen molar-refractivity contribution in [3.63, 3.8) is 0 Å². The minimum absolute atomic E-state index is 0.0399. The average molecular weight is 684 g/mol. The Bertz CT molecular complexity index is 1490. The predicted molar refractivity (Wildman–Crippen MR) is 185 cm³/mol. The number of rotatable bonds is 12. The molecule has 4 atom stereocenters. The number of thioether (sulfide) groups is 1. The highest BCUT2D eigenvalue weighted by molar-refractivity contribution is 8.09. The number of aromatic nitrogens is 2. The lowest BCUT2D eigenvalue weighted by Gasteiger charge is -2.39. The Labute approximate surface area is 287 Å². The molecule has 5 rings (SSSR count). The lowest BCUT2D eigenvalue weighted by atomic mass is 9.79. The Morgan fingerprint density at radius 2 is 1.73 bits per heavy atom. The number of piperazine rings is 1. The largest absolute Gasteiger partial charge is 0.344 e. The van der Waals surface area contributed by atoms with E-state index in [1.165, 1.54) is 23.9 Å². The molecule has 0 spiro atoms. The summed E-state index contributed by atoms with van der Waals surface area (Å²) in [5.41, 5.74) is 1.02. The van der Waals surface area contributed by atoms with Crippen LogP contribution in [0.2, 0.25) is 0 Å². The fourth-order valence-electron chi connectivity index (χ4n) is 7.13. The maximum absolute atomic E-state index is 15.8. The molecule has 3 N–H and O–H groups in total. The molecule has 1 aromatic heterocycles. The molecule has 3 fully saturated rings. The monoisotopic (exact) mass is 683 g/mol. The van der Waals surface area contributed by atoms with Gasteiger partial charge in [-0.25, -0.2) is 4.39 Å². The van der Waals surface area contributed by atoms with E-state index < -0.39 is 27.9 Å². The standard InChI is InChI=1S/C35H50FN7O4S/c1-6-29(44)39-30(32(46)42-19-17-41(18-20-42)22(3)4)23(5)24-13-14-27(26(36)21-24)38-33(47)35(25-11-9-8-10-12-25)34(48-35)40-31(45)28-15-16-37-43(28)7-2/h13-16,21-23,25,30,34H,6-12,17-20H2,1-5H3,(H,38,47)(H,39,44)(H,40,45)/t23-,30+,34?,35-/m0/s1. The SMILES string of the molecule is CCC(=O)N[C@@H](C(=O)N1CCN(C(C)C)CC1)[C@@H](C)c1ccc(NC(=O)[C@]2(C3CCCCC3)SC2NC(=O)c2ccnn2CC)c(F)c1. The van der Waals surface area contributed by atoms with Crippen LogP contribution in [-0.2, 0) is 20.9 Å². The molecule has 0 bridgehead atoms. The Morgan fingerprint density at radius 3 is 2.35 bits per heavy atom. The molecule has 0 radical (unpaired) electrons. The van der Waals surface area contributed by atoms with Gasteiger partial charge in [0.1, 0.15) is 27.7 Å². The first-order chi connectivity index (χ1) is 23.0. The van der Waals surface area contributed by atoms with E-state index >= 15 is 4.39 Å². The van der Waals surface area contributed by atoms with E-state index in [2.05, 4.69) is 39.8 Å². The third-order valence-corrected chi connectivity index (χ3v) is 11.9. The van der Waals surface area contributed by atoms with E-state index in [0.29, 0.717) is 36.9 Å². The molecular weight excluding hydrogens is 633 g/mol. The van der Waals surface area contributed by atoms with E-state index in [-0.39, 0.29) is 41.7 Å². The summed E-state index contributed by atoms with van der Waals surface area (Å²) in [5.74, 6) is -2.12. The van der Waals surface area contributed by atoms with Crippen molar-refractivity contribution >= 4 is 41.1 Å². The molecule has 48 heavy (non-hydrogen) atoms. The van der Waals surface area contributed by atoms with E-state index in [0.717, 1.165) is 45.2 Å². The summed E-state index contributed by atoms with van der Waals surface area (Å²) in [4.78, 5) is 57.5. The molecule has 2 aromatic rings. The van der Waals surface area contributed by atoms with Crippen LogP contribution in [0.15, 0.2) is 30.5 Å². The molecule has 4 amide bonds. The van der Waals surface area contributed by atoms with Crippen molar-refractivity contribution in [2.24, 2.45) is 5.92 Å². The van der Waals surface area contributed by atoms with Gasteiger partial charge in [0.25, 0.3) is 5.91 Å². The minimum atomic E-state index is -0.896. The number of hydrogen-bond donors (Lipinski definition) is 3. The zero-order chi connectivity index (χ0) is 34.6. The van der Waals surface area contributed by atoms with Gasteiger partial charge in [0, 0.05) is 57.3 Å². The second-order valence-electron chi connectivity index (χ2n) is 13.5. The molecular formula is C35H50FN7O4S. The summed E-state index contributed by atoms with van der Waals surface area (Å²) in [7, 11) is 0. The topological polar surface area (TPSA) is 129 Å². The average Bonchev–Trinajstić information content (AvgIpc) is 3.61. The number of carbonyl (C=O) groups is 4. The van der Waals surface area contributed by atoms with Crippen molar-refractivity contribution in [2.75, 3.05) is 31.5 Å². The number of aryl methyl sites for hydroxylation is 1. The second kappa shape index (κ2) is 15.4. The third-order valence-electron chi connectivity index (χ3n) is 10.2. The fourth-order valence-corrected chi connectivity index (χ4v) is 8.56. The van der Waals surface area contributed by atoms with Crippen LogP contribution in [0.4, 0.5) is 10.1 Å². The van der Waals surface area contributed by atoms with Crippen molar-refractivity contribution in [3.05, 3.63) is 47.5 Å². The summed E-state index contributed by atoms with van der Waals surface area (Å²) < 4.78 is 16.5. The van der Waals surface area contributed by atoms with Crippen LogP contribution >= 0.6 is 11.8 Å². The quantitative estimate of drug-likeness (QED) is 0.284. The van der Waals surface area contributed by atoms with Gasteiger partial charge in [-0.3, -0.25) is 28.8 Å². The smallest absolute Gasteiger partial charge is 0.270 e. The fraction of sp³-hybridized carbons (Fsp3) is 0.629. The number of halogens is 1. The number of amides is 4. The van der Waals surface area contributed by atoms with Crippen molar-refractivity contribution < 1.29 is 23.6 Å². The first-order valence-electron chi connectivity index (χ1n) is 17.4. The van der Waals surface area contributed by atoms with Crippen LogP contribution in [0.3, 0.4) is 0 Å². The van der Waals surface area contributed by atoms with Crippen molar-refractivity contribution in [1.82, 2.24) is 30.2 Å². The third kappa shape index (κ3) is 7.56. The lowest BCUT2D eigenvalue weighted by molar-refractivity contribution is -0.138. The number of carbonyl (C=O) groups excluding carboxylic acids is 4. The molecule has 2 aliphatic heterocycles. The van der Waals surface area contributed by atoms with E-state index in [1.807, 2.05) is 13.8 Å². The van der Waals surface area contributed by atoms with E-state index in [4.69, 9.17) is 0 Å². The number of nitrogens with one attached hydrogen (secondary N) is 3. The summed E-state index contributed by atoms with van der Waals surface area (Å²) in [5, 5.41) is 12.5. The van der Waals surface area contributed by atoms with Crippen molar-refractivity contribution in [1.29, 1.82) is 0 Å². The van der Waals surface area contributed by atoms with Crippen LogP contribution in [-0.4, -0.2) is 91.6 Å². The normalized spacial score (nSPS) is 23.0. The zero-order valence-electron chi connectivity index (χ0n) is 28.8. The molecule has 11 nitrogen and oxygen atoms in total. The first-order valence-corrected chi connectivity index (χ1v) is 18.3. The Morgan fingerprint density at radius 1 is 1.02 bits per heavy atom. The predicted octanol–water partition coefficient (Wildman–Crippen LogP) is 4.35. The molecule has 3 heterocycles. The van der Waals surface area contributed by atoms with E-state index in [1.54, 1.807) is 34.8 Å². The maximum Gasteiger partial charge on any atom is 0.270 e. The summed E-state index contributed by atoms with van der Waals surface area (Å²) in [6.07, 6.45) is 6.65. The van der Waals surface area contributed by atoms with Gasteiger partial charge in [0.2, 0.25) is 17.7 Å². The van der Waals surface area contributed by atoms with Gasteiger partial charge in [-0.05, 0) is 63.3 Å². The zero-order valence-corrected chi connectivity index (χ0v) is 29.6. The van der Waals surface area contributed by atoms with Gasteiger partial charge in [-0.2, -0.15) is 5.10 Å². The molecule has 262 valence electrons. The number of benzene rings is 1. The van der Waals surface area contributed by atoms with Crippen LogP contribution in [0.1, 0.15) is 95.1 Å². The van der Waals surface area contributed by atoms with Gasteiger partial charge < -0.3 is 20.9 Å². The highest BCUT2D eigenvalue weighted by atomic mass is 32.2. The minimum Gasteiger partial charge on any atom is -0.344 e. The Hall–Kier alpha value is -3.45. The molecule has 1 aromatic carbocycles. The van der Waals surface area contributed by atoms with Crippen molar-refractivity contribution in [2.45, 2.75) is 108 Å². The van der Waals surface area contributed by atoms with Gasteiger partial charge in [0.15, 0.2) is 0 Å². The molecule has 13 heteroatoms. The Balaban J connectivity index is 1.31. The van der Waals surface area contributed by atoms with Gasteiger partial charge in [-0.15, -0.1) is 11.8 Å². The highest BCUT2D eigenvalue weighted by Gasteiger charge is 2.66. The van der Waals surface area contributed by atoms with Gasteiger partial charge >= 0.3 is 0 Å².